The molecule has 0 spiro atoms. The normalized spacial score (nSPS) is 16.6. The number of aromatic nitrogens is 6. The summed E-state index contributed by atoms with van der Waals surface area (Å²) in [4.78, 5) is 23.1. The number of hydrogen-bond acceptors (Lipinski definition) is 7. The van der Waals surface area contributed by atoms with Crippen LogP contribution in [0.4, 0.5) is 9.18 Å². The third-order valence-corrected chi connectivity index (χ3v) is 7.68. The highest BCUT2D eigenvalue weighted by Crippen LogP contribution is 2.33. The van der Waals surface area contributed by atoms with E-state index in [0.717, 1.165) is 48.3 Å². The SMILES string of the molecule is Cc1c(-c2cc(OC(C)c3ccc(F)cn3)n3c(C#CC4CC4)cnc3c2)nnn1C1CCN(C(=O)OC(C)(C)C)CC1. The van der Waals surface area contributed by atoms with Gasteiger partial charge in [-0.1, -0.05) is 11.1 Å². The number of ether oxygens (including phenoxy) is 2. The average Bonchev–Trinajstić information content (AvgIpc) is 3.58. The van der Waals surface area contributed by atoms with Crippen molar-refractivity contribution < 1.29 is 18.7 Å². The molecule has 1 unspecified atom stereocenters. The van der Waals surface area contributed by atoms with Gasteiger partial charge in [0.25, 0.3) is 0 Å². The zero-order chi connectivity index (χ0) is 30.3. The minimum absolute atomic E-state index is 0.111. The number of imidazole rings is 1. The van der Waals surface area contributed by atoms with Crippen molar-refractivity contribution in [3.63, 3.8) is 0 Å². The van der Waals surface area contributed by atoms with Crippen molar-refractivity contribution in [2.24, 2.45) is 5.92 Å². The summed E-state index contributed by atoms with van der Waals surface area (Å²) < 4.78 is 29.3. The summed E-state index contributed by atoms with van der Waals surface area (Å²) in [6, 6.07) is 6.98. The maximum Gasteiger partial charge on any atom is 0.410 e. The Bertz CT molecular complexity index is 1700. The third kappa shape index (κ3) is 6.33. The molecule has 1 aliphatic carbocycles. The third-order valence-electron chi connectivity index (χ3n) is 7.68. The lowest BCUT2D eigenvalue weighted by Crippen LogP contribution is -2.42. The van der Waals surface area contributed by atoms with Gasteiger partial charge >= 0.3 is 6.09 Å². The molecule has 0 bridgehead atoms. The largest absolute Gasteiger partial charge is 0.469 e. The van der Waals surface area contributed by atoms with Crippen LogP contribution in [0.15, 0.2) is 36.7 Å². The summed E-state index contributed by atoms with van der Waals surface area (Å²) in [7, 11) is 0. The van der Waals surface area contributed by atoms with Gasteiger partial charge in [0, 0.05) is 30.6 Å². The molecule has 4 aromatic rings. The molecule has 2 aliphatic rings. The molecule has 0 N–H and O–H groups in total. The van der Waals surface area contributed by atoms with Gasteiger partial charge in [-0.25, -0.2) is 18.9 Å². The molecule has 1 amide bonds. The maximum absolute atomic E-state index is 13.5. The van der Waals surface area contributed by atoms with Crippen LogP contribution in [0, 0.1) is 30.5 Å². The molecule has 4 aromatic heterocycles. The van der Waals surface area contributed by atoms with Crippen LogP contribution >= 0.6 is 0 Å². The molecule has 1 aliphatic heterocycles. The minimum Gasteiger partial charge on any atom is -0.469 e. The molecule has 43 heavy (non-hydrogen) atoms. The van der Waals surface area contributed by atoms with E-state index in [1.807, 2.05) is 55.8 Å². The van der Waals surface area contributed by atoms with Crippen LogP contribution < -0.4 is 4.74 Å². The first-order valence-corrected chi connectivity index (χ1v) is 14.8. The molecule has 6 rings (SSSR count). The minimum atomic E-state index is -0.526. The number of rotatable bonds is 5. The first kappa shape index (κ1) is 28.6. The lowest BCUT2D eigenvalue weighted by atomic mass is 10.0. The number of hydrogen-bond donors (Lipinski definition) is 0. The molecule has 1 saturated heterocycles. The van der Waals surface area contributed by atoms with Crippen LogP contribution in [-0.4, -0.2) is 59.0 Å². The van der Waals surface area contributed by atoms with E-state index in [1.165, 1.54) is 12.3 Å². The summed E-state index contributed by atoms with van der Waals surface area (Å²) >= 11 is 0. The smallest absolute Gasteiger partial charge is 0.410 e. The average molecular weight is 586 g/mol. The Hall–Kier alpha value is -4.46. The van der Waals surface area contributed by atoms with Crippen molar-refractivity contribution in [3.05, 3.63) is 59.6 Å². The van der Waals surface area contributed by atoms with Crippen LogP contribution in [0.5, 0.6) is 5.88 Å². The number of amides is 1. The number of pyridine rings is 2. The molecular weight excluding hydrogens is 549 g/mol. The number of carbonyl (C=O) groups is 1. The Labute approximate surface area is 250 Å². The lowest BCUT2D eigenvalue weighted by molar-refractivity contribution is 0.0183. The zero-order valence-corrected chi connectivity index (χ0v) is 25.2. The van der Waals surface area contributed by atoms with E-state index in [2.05, 4.69) is 32.1 Å². The van der Waals surface area contributed by atoms with E-state index >= 15 is 0 Å². The van der Waals surface area contributed by atoms with Crippen LogP contribution in [-0.2, 0) is 4.74 Å². The molecule has 0 aromatic carbocycles. The Morgan fingerprint density at radius 2 is 1.86 bits per heavy atom. The van der Waals surface area contributed by atoms with Gasteiger partial charge in [-0.05, 0) is 84.4 Å². The Kier molecular flexibility index (Phi) is 7.54. The lowest BCUT2D eigenvalue weighted by Gasteiger charge is -2.33. The fraction of sp³-hybridized carbons (Fsp3) is 0.469. The van der Waals surface area contributed by atoms with E-state index in [-0.39, 0.29) is 12.1 Å². The van der Waals surface area contributed by atoms with Gasteiger partial charge in [0.2, 0.25) is 5.88 Å². The van der Waals surface area contributed by atoms with Crippen molar-refractivity contribution in [2.45, 2.75) is 78.0 Å². The molecule has 11 heteroatoms. The number of nitrogens with zero attached hydrogens (tertiary/aromatic N) is 7. The first-order chi connectivity index (χ1) is 20.6. The van der Waals surface area contributed by atoms with Gasteiger partial charge in [0.05, 0.1) is 29.8 Å². The summed E-state index contributed by atoms with van der Waals surface area (Å²) in [6.45, 7) is 10.7. The molecule has 10 nitrogen and oxygen atoms in total. The Morgan fingerprint density at radius 1 is 1.09 bits per heavy atom. The van der Waals surface area contributed by atoms with Crippen LogP contribution in [0.25, 0.3) is 16.9 Å². The van der Waals surface area contributed by atoms with E-state index in [0.29, 0.717) is 36.2 Å². The highest BCUT2D eigenvalue weighted by molar-refractivity contribution is 5.69. The van der Waals surface area contributed by atoms with Crippen LogP contribution in [0.3, 0.4) is 0 Å². The van der Waals surface area contributed by atoms with Crippen molar-refractivity contribution in [1.29, 1.82) is 0 Å². The molecule has 1 atom stereocenters. The molecule has 224 valence electrons. The van der Waals surface area contributed by atoms with Gasteiger partial charge in [0.1, 0.15) is 34.6 Å². The summed E-state index contributed by atoms with van der Waals surface area (Å²) in [5, 5.41) is 9.10. The molecule has 1 saturated carbocycles. The highest BCUT2D eigenvalue weighted by Gasteiger charge is 2.29. The van der Waals surface area contributed by atoms with Gasteiger partial charge < -0.3 is 14.4 Å². The standard InChI is InChI=1S/C32H36FN7O3/c1-20-30(36-37-40(20)25-12-14-38(15-13-25)31(41)43-32(3,4)5)23-16-28-35-19-26(10-8-22-6-7-22)39(28)29(17-23)42-21(2)27-11-9-24(33)18-34-27/h9,11,16-19,21-22,25H,6-7,12-15H2,1-5H3. The van der Waals surface area contributed by atoms with Crippen LogP contribution in [0.1, 0.15) is 82.6 Å². The summed E-state index contributed by atoms with van der Waals surface area (Å²) in [5.41, 5.74) is 3.94. The quantitative estimate of drug-likeness (QED) is 0.269. The first-order valence-electron chi connectivity index (χ1n) is 14.8. The Balaban J connectivity index is 1.28. The van der Waals surface area contributed by atoms with Crippen molar-refractivity contribution in [1.82, 2.24) is 34.3 Å². The second-order valence-electron chi connectivity index (χ2n) is 12.3. The number of likely N-dealkylation sites (tertiary alicyclic amines) is 1. The van der Waals surface area contributed by atoms with Gasteiger partial charge in [-0.15, -0.1) is 5.10 Å². The topological polar surface area (TPSA) is 99.7 Å². The van der Waals surface area contributed by atoms with E-state index < -0.39 is 17.5 Å². The predicted octanol–water partition coefficient (Wildman–Crippen LogP) is 5.91. The number of piperidine rings is 1. The van der Waals surface area contributed by atoms with E-state index in [1.54, 1.807) is 17.2 Å². The second-order valence-corrected chi connectivity index (χ2v) is 12.3. The van der Waals surface area contributed by atoms with Gasteiger partial charge in [0.15, 0.2) is 0 Å². The second kappa shape index (κ2) is 11.3. The van der Waals surface area contributed by atoms with Gasteiger partial charge in [-0.2, -0.15) is 0 Å². The Morgan fingerprint density at radius 3 is 2.53 bits per heavy atom. The highest BCUT2D eigenvalue weighted by atomic mass is 19.1. The molecular formula is C32H36FN7O3. The van der Waals surface area contributed by atoms with Gasteiger partial charge in [-0.3, -0.25) is 9.38 Å². The van der Waals surface area contributed by atoms with Crippen molar-refractivity contribution in [3.8, 4) is 29.0 Å². The van der Waals surface area contributed by atoms with E-state index in [9.17, 15) is 9.18 Å². The van der Waals surface area contributed by atoms with Crippen molar-refractivity contribution >= 4 is 11.7 Å². The molecule has 5 heterocycles. The van der Waals surface area contributed by atoms with E-state index in [4.69, 9.17) is 9.47 Å². The fourth-order valence-electron chi connectivity index (χ4n) is 5.24. The zero-order valence-electron chi connectivity index (χ0n) is 25.2. The molecule has 0 radical (unpaired) electrons. The summed E-state index contributed by atoms with van der Waals surface area (Å²) in [6.07, 6.45) is 5.95. The van der Waals surface area contributed by atoms with Crippen molar-refractivity contribution in [2.75, 3.05) is 13.1 Å². The fourth-order valence-corrected chi connectivity index (χ4v) is 5.24. The summed E-state index contributed by atoms with van der Waals surface area (Å²) in [5.74, 6) is 7.14. The molecule has 2 fully saturated rings. The van der Waals surface area contributed by atoms with Crippen LogP contribution in [0.2, 0.25) is 0 Å². The monoisotopic (exact) mass is 585 g/mol. The predicted molar refractivity (Wildman–Crippen MR) is 158 cm³/mol. The number of carbonyl (C=O) groups excluding carboxylic acids is 1. The maximum atomic E-state index is 13.5. The number of fused-ring (bicyclic) bond motifs is 1. The number of halogens is 1.